The molecule has 3 N–H and O–H groups in total. The van der Waals surface area contributed by atoms with Crippen LogP contribution in [0.2, 0.25) is 0 Å². The number of rotatable bonds is 2. The number of methoxy groups -OCH3 is 1. The number of nitrogen functional groups attached to an aromatic ring is 1. The fourth-order valence-electron chi connectivity index (χ4n) is 0.796. The molecule has 12 heavy (non-hydrogen) atoms. The highest BCUT2D eigenvalue weighted by atomic mass is 19.1. The van der Waals surface area contributed by atoms with Gasteiger partial charge >= 0.3 is 0 Å². The van der Waals surface area contributed by atoms with Crippen LogP contribution in [-0.4, -0.2) is 7.11 Å². The molecule has 0 spiro atoms. The summed E-state index contributed by atoms with van der Waals surface area (Å²) < 4.78 is 30.1. The molecule has 1 aromatic carbocycles. The van der Waals surface area contributed by atoms with Crippen molar-refractivity contribution in [1.82, 2.24) is 0 Å². The van der Waals surface area contributed by atoms with Crippen LogP contribution < -0.4 is 16.0 Å². The molecule has 0 heterocycles. The standard InChI is InChI=1S/C7H8F2N2O/c1-12-7-3-6(11-10)4(8)2-5(7)9/h2-3,11H,10H2,1H3. The molecule has 0 aliphatic heterocycles. The zero-order valence-electron chi connectivity index (χ0n) is 6.40. The number of hydrogen-bond donors (Lipinski definition) is 2. The Morgan fingerprint density at radius 1 is 1.33 bits per heavy atom. The second-order valence-electron chi connectivity index (χ2n) is 2.11. The van der Waals surface area contributed by atoms with Crippen LogP contribution in [0.1, 0.15) is 0 Å². The lowest BCUT2D eigenvalue weighted by Gasteiger charge is -2.05. The SMILES string of the molecule is COc1cc(NN)c(F)cc1F. The van der Waals surface area contributed by atoms with E-state index in [0.717, 1.165) is 6.07 Å². The Morgan fingerprint density at radius 2 is 2.00 bits per heavy atom. The van der Waals surface area contributed by atoms with E-state index in [9.17, 15) is 8.78 Å². The lowest BCUT2D eigenvalue weighted by Crippen LogP contribution is -2.09. The van der Waals surface area contributed by atoms with Crippen LogP contribution in [-0.2, 0) is 0 Å². The molecule has 0 saturated carbocycles. The van der Waals surface area contributed by atoms with E-state index in [0.29, 0.717) is 6.07 Å². The Hall–Kier alpha value is -1.36. The van der Waals surface area contributed by atoms with E-state index in [4.69, 9.17) is 5.84 Å². The largest absolute Gasteiger partial charge is 0.494 e. The molecule has 0 unspecified atom stereocenters. The van der Waals surface area contributed by atoms with Crippen LogP contribution in [0.4, 0.5) is 14.5 Å². The number of hydrogen-bond acceptors (Lipinski definition) is 3. The highest BCUT2D eigenvalue weighted by Gasteiger charge is 2.08. The molecule has 3 nitrogen and oxygen atoms in total. The number of nitrogens with two attached hydrogens (primary N) is 1. The summed E-state index contributed by atoms with van der Waals surface area (Å²) in [5, 5.41) is 0. The minimum atomic E-state index is -0.756. The Labute approximate surface area is 68.1 Å². The number of benzene rings is 1. The first-order chi connectivity index (χ1) is 5.69. The molecule has 0 bridgehead atoms. The molecule has 0 fully saturated rings. The highest BCUT2D eigenvalue weighted by molar-refractivity contribution is 5.49. The third kappa shape index (κ3) is 1.45. The zero-order valence-corrected chi connectivity index (χ0v) is 6.40. The van der Waals surface area contributed by atoms with Crippen molar-refractivity contribution in [1.29, 1.82) is 0 Å². The molecule has 0 amide bonds. The summed E-state index contributed by atoms with van der Waals surface area (Å²) in [5.41, 5.74) is 2.07. The van der Waals surface area contributed by atoms with Gasteiger partial charge in [0.05, 0.1) is 12.8 Å². The molecule has 0 aliphatic carbocycles. The monoisotopic (exact) mass is 174 g/mol. The van der Waals surface area contributed by atoms with Crippen molar-refractivity contribution in [3.05, 3.63) is 23.8 Å². The van der Waals surface area contributed by atoms with Gasteiger partial charge in [-0.05, 0) is 0 Å². The minimum Gasteiger partial charge on any atom is -0.494 e. The van der Waals surface area contributed by atoms with Gasteiger partial charge in [0.1, 0.15) is 0 Å². The summed E-state index contributed by atoms with van der Waals surface area (Å²) >= 11 is 0. The molecule has 5 heteroatoms. The second-order valence-corrected chi connectivity index (χ2v) is 2.11. The predicted octanol–water partition coefficient (Wildman–Crippen LogP) is 1.26. The van der Waals surface area contributed by atoms with E-state index < -0.39 is 11.6 Å². The van der Waals surface area contributed by atoms with E-state index in [1.165, 1.54) is 7.11 Å². The third-order valence-corrected chi connectivity index (χ3v) is 1.40. The number of ether oxygens (including phenoxy) is 1. The normalized spacial score (nSPS) is 9.67. The Balaban J connectivity index is 3.18. The van der Waals surface area contributed by atoms with E-state index >= 15 is 0 Å². The van der Waals surface area contributed by atoms with Gasteiger partial charge < -0.3 is 10.2 Å². The van der Waals surface area contributed by atoms with Crippen molar-refractivity contribution in [2.45, 2.75) is 0 Å². The number of halogens is 2. The first-order valence-corrected chi connectivity index (χ1v) is 3.18. The molecular weight excluding hydrogens is 166 g/mol. The summed E-state index contributed by atoms with van der Waals surface area (Å²) in [6, 6.07) is 1.85. The van der Waals surface area contributed by atoms with E-state index in [1.54, 1.807) is 0 Å². The highest BCUT2D eigenvalue weighted by Crippen LogP contribution is 2.23. The molecule has 1 rings (SSSR count). The van der Waals surface area contributed by atoms with Crippen LogP contribution in [0.3, 0.4) is 0 Å². The van der Waals surface area contributed by atoms with Crippen molar-refractivity contribution >= 4 is 5.69 Å². The van der Waals surface area contributed by atoms with Crippen LogP contribution in [0.15, 0.2) is 12.1 Å². The summed E-state index contributed by atoms with van der Waals surface area (Å²) in [7, 11) is 1.29. The van der Waals surface area contributed by atoms with Crippen LogP contribution in [0.25, 0.3) is 0 Å². The van der Waals surface area contributed by atoms with Crippen molar-refractivity contribution in [2.75, 3.05) is 12.5 Å². The Morgan fingerprint density at radius 3 is 2.50 bits per heavy atom. The molecule has 66 valence electrons. The molecule has 0 saturated heterocycles. The van der Waals surface area contributed by atoms with E-state index in [1.807, 2.05) is 0 Å². The molecule has 0 radical (unpaired) electrons. The van der Waals surface area contributed by atoms with Gasteiger partial charge in [-0.3, -0.25) is 5.84 Å². The average molecular weight is 174 g/mol. The molecule has 0 aromatic heterocycles. The number of anilines is 1. The maximum atomic E-state index is 12.7. The molecule has 0 aliphatic rings. The maximum Gasteiger partial charge on any atom is 0.168 e. The van der Waals surface area contributed by atoms with E-state index in [-0.39, 0.29) is 11.4 Å². The van der Waals surface area contributed by atoms with Crippen molar-refractivity contribution in [2.24, 2.45) is 5.84 Å². The minimum absolute atomic E-state index is 0.00625. The van der Waals surface area contributed by atoms with Crippen LogP contribution in [0, 0.1) is 11.6 Å². The summed E-state index contributed by atoms with van der Waals surface area (Å²) in [5.74, 6) is 3.40. The predicted molar refractivity (Wildman–Crippen MR) is 40.7 cm³/mol. The Kier molecular flexibility index (Phi) is 2.44. The van der Waals surface area contributed by atoms with Crippen molar-refractivity contribution < 1.29 is 13.5 Å². The quantitative estimate of drug-likeness (QED) is 0.524. The first-order valence-electron chi connectivity index (χ1n) is 3.18. The maximum absolute atomic E-state index is 12.7. The summed E-state index contributed by atoms with van der Waals surface area (Å²) in [6.45, 7) is 0. The third-order valence-electron chi connectivity index (χ3n) is 1.40. The Bertz CT molecular complexity index is 266. The van der Waals surface area contributed by atoms with Gasteiger partial charge in [-0.2, -0.15) is 0 Å². The molecular formula is C7H8F2N2O. The van der Waals surface area contributed by atoms with Gasteiger partial charge in [0.15, 0.2) is 17.4 Å². The summed E-state index contributed by atoms with van der Waals surface area (Å²) in [6.07, 6.45) is 0. The molecule has 0 atom stereocenters. The van der Waals surface area contributed by atoms with Gasteiger partial charge in [0, 0.05) is 12.1 Å². The smallest absolute Gasteiger partial charge is 0.168 e. The lowest BCUT2D eigenvalue weighted by molar-refractivity contribution is 0.384. The van der Waals surface area contributed by atoms with Gasteiger partial charge in [-0.15, -0.1) is 0 Å². The van der Waals surface area contributed by atoms with Crippen molar-refractivity contribution in [3.8, 4) is 5.75 Å². The van der Waals surface area contributed by atoms with Gasteiger partial charge in [-0.1, -0.05) is 0 Å². The number of hydrazine groups is 1. The zero-order chi connectivity index (χ0) is 9.14. The number of nitrogens with one attached hydrogen (secondary N) is 1. The summed E-state index contributed by atoms with van der Waals surface area (Å²) in [4.78, 5) is 0. The average Bonchev–Trinajstić information content (AvgIpc) is 2.05. The first kappa shape index (κ1) is 8.73. The molecule has 1 aromatic rings. The van der Waals surface area contributed by atoms with Crippen LogP contribution in [0.5, 0.6) is 5.75 Å². The van der Waals surface area contributed by atoms with Gasteiger partial charge in [0.2, 0.25) is 0 Å². The fourth-order valence-corrected chi connectivity index (χ4v) is 0.796. The van der Waals surface area contributed by atoms with Gasteiger partial charge in [-0.25, -0.2) is 8.78 Å². The lowest BCUT2D eigenvalue weighted by atomic mass is 10.3. The van der Waals surface area contributed by atoms with Crippen LogP contribution >= 0.6 is 0 Å². The van der Waals surface area contributed by atoms with Crippen molar-refractivity contribution in [3.63, 3.8) is 0 Å². The topological polar surface area (TPSA) is 47.3 Å². The fraction of sp³-hybridized carbons (Fsp3) is 0.143. The second kappa shape index (κ2) is 3.36. The van der Waals surface area contributed by atoms with Gasteiger partial charge in [0.25, 0.3) is 0 Å². The van der Waals surface area contributed by atoms with E-state index in [2.05, 4.69) is 10.2 Å².